The number of rotatable bonds is 8. The number of ether oxygens (including phenoxy) is 2. The van der Waals surface area contributed by atoms with Gasteiger partial charge >= 0.3 is 6.16 Å². The Morgan fingerprint density at radius 1 is 1.33 bits per heavy atom. The zero-order valence-electron chi connectivity index (χ0n) is 16.1. The van der Waals surface area contributed by atoms with Gasteiger partial charge < -0.3 is 19.7 Å². The van der Waals surface area contributed by atoms with Crippen molar-refractivity contribution < 1.29 is 29.5 Å². The number of nitrogens with one attached hydrogen (secondary N) is 1. The van der Waals surface area contributed by atoms with E-state index >= 15 is 0 Å². The van der Waals surface area contributed by atoms with Gasteiger partial charge in [0.1, 0.15) is 5.52 Å². The van der Waals surface area contributed by atoms with Crippen LogP contribution in [0.2, 0.25) is 0 Å². The Labute approximate surface area is 180 Å². The smallest absolute Gasteiger partial charge is 0.434 e. The second-order valence-electron chi connectivity index (χ2n) is 6.13. The third-order valence-electron chi connectivity index (χ3n) is 4.12. The van der Waals surface area contributed by atoms with E-state index in [0.717, 1.165) is 21.2 Å². The normalized spacial score (nSPS) is 14.7. The van der Waals surface area contributed by atoms with E-state index in [1.807, 2.05) is 12.1 Å². The van der Waals surface area contributed by atoms with E-state index < -0.39 is 17.8 Å². The summed E-state index contributed by atoms with van der Waals surface area (Å²) in [6.45, 7) is 2.80. The number of hydrogen-bond acceptors (Lipinski definition) is 12. The van der Waals surface area contributed by atoms with E-state index in [1.54, 1.807) is 24.2 Å². The molecule has 3 N–H and O–H groups in total. The van der Waals surface area contributed by atoms with Crippen LogP contribution >= 0.6 is 15.9 Å². The average Bonchev–Trinajstić information content (AvgIpc) is 3.18. The van der Waals surface area contributed by atoms with Crippen molar-refractivity contribution >= 4 is 44.8 Å². The summed E-state index contributed by atoms with van der Waals surface area (Å²) in [6.07, 6.45) is 2.04. The number of nitrogens with zero attached hydrogens (tertiary/aromatic N) is 5. The van der Waals surface area contributed by atoms with Crippen molar-refractivity contribution in [2.45, 2.75) is 19.6 Å². The molecule has 1 aliphatic heterocycles. The molecule has 2 aromatic rings. The van der Waals surface area contributed by atoms with E-state index in [-0.39, 0.29) is 19.6 Å². The van der Waals surface area contributed by atoms with Crippen LogP contribution in [0.5, 0.6) is 0 Å². The lowest BCUT2D eigenvalue weighted by Crippen LogP contribution is -2.42. The maximum Gasteiger partial charge on any atom is 0.510 e. The molecule has 1 aromatic heterocycles. The van der Waals surface area contributed by atoms with Gasteiger partial charge in [-0.1, -0.05) is 0 Å². The summed E-state index contributed by atoms with van der Waals surface area (Å²) in [7, 11) is 0. The molecular formula is C17H21BrN6O6. The number of hydrogen-bond donors (Lipinski definition) is 3. The van der Waals surface area contributed by atoms with Crippen LogP contribution in [0.4, 0.5) is 10.5 Å². The predicted octanol–water partition coefficient (Wildman–Crippen LogP) is 2.38. The first-order chi connectivity index (χ1) is 14.5. The molecule has 1 aliphatic rings. The van der Waals surface area contributed by atoms with Gasteiger partial charge in [0.15, 0.2) is 6.23 Å². The number of aromatic nitrogens is 2. The number of anilines is 1. The summed E-state index contributed by atoms with van der Waals surface area (Å²) in [4.78, 5) is 31.1. The maximum absolute atomic E-state index is 11.9. The van der Waals surface area contributed by atoms with Gasteiger partial charge in [0.05, 0.1) is 40.8 Å². The molecule has 0 radical (unpaired) electrons. The first-order valence-corrected chi connectivity index (χ1v) is 9.86. The number of carbonyl (C=O) groups excluding carboxylic acids is 1. The molecule has 1 aromatic carbocycles. The van der Waals surface area contributed by atoms with E-state index in [4.69, 9.17) is 19.9 Å². The molecule has 1 atom stereocenters. The lowest BCUT2D eigenvalue weighted by Gasteiger charge is -2.27. The highest BCUT2D eigenvalue weighted by molar-refractivity contribution is 9.10. The standard InChI is InChI=1S/C17H21BrN6O6/c1-11(30-17(25)28-9-2-10-29-24(26)27)23-8-7-21-16(23)22-12-3-4-13-15(14(12)18)20-6-5-19-13/h3-6,11,26-27H,2,7-10H2,1H3,(H,21,22). The van der Waals surface area contributed by atoms with Gasteiger partial charge in [-0.3, -0.25) is 30.2 Å². The molecule has 12 nitrogen and oxygen atoms in total. The number of halogens is 1. The van der Waals surface area contributed by atoms with Gasteiger partial charge in [-0.2, -0.15) is 0 Å². The fourth-order valence-electron chi connectivity index (χ4n) is 2.74. The number of fused-ring (bicyclic) bond motifs is 1. The van der Waals surface area contributed by atoms with Crippen molar-refractivity contribution in [1.29, 1.82) is 0 Å². The van der Waals surface area contributed by atoms with Crippen LogP contribution in [0.3, 0.4) is 0 Å². The molecule has 0 saturated carbocycles. The van der Waals surface area contributed by atoms with E-state index in [2.05, 4.69) is 41.0 Å². The highest BCUT2D eigenvalue weighted by atomic mass is 79.9. The highest BCUT2D eigenvalue weighted by Crippen LogP contribution is 2.29. The van der Waals surface area contributed by atoms with Crippen LogP contribution in [0.1, 0.15) is 13.3 Å². The van der Waals surface area contributed by atoms with E-state index in [0.29, 0.717) is 19.0 Å². The Balaban J connectivity index is 1.54. The number of aliphatic imine (C=N–C) groups is 1. The average molecular weight is 485 g/mol. The molecule has 0 spiro atoms. The third kappa shape index (κ3) is 5.73. The molecule has 2 heterocycles. The number of benzene rings is 1. The molecule has 162 valence electrons. The lowest BCUT2D eigenvalue weighted by molar-refractivity contribution is -0.492. The number of guanidine groups is 1. The third-order valence-corrected chi connectivity index (χ3v) is 4.92. The highest BCUT2D eigenvalue weighted by Gasteiger charge is 2.26. The van der Waals surface area contributed by atoms with Gasteiger partial charge in [-0.25, -0.2) is 4.79 Å². The zero-order chi connectivity index (χ0) is 21.5. The molecule has 0 bridgehead atoms. The lowest BCUT2D eigenvalue weighted by atomic mass is 10.2. The Bertz CT molecular complexity index is 913. The monoisotopic (exact) mass is 484 g/mol. The van der Waals surface area contributed by atoms with Crippen LogP contribution in [0.25, 0.3) is 11.0 Å². The summed E-state index contributed by atoms with van der Waals surface area (Å²) < 4.78 is 11.0. The van der Waals surface area contributed by atoms with Crippen molar-refractivity contribution in [1.82, 2.24) is 20.3 Å². The van der Waals surface area contributed by atoms with Crippen LogP contribution < -0.4 is 5.32 Å². The SMILES string of the molecule is CC(OC(=O)OCCCON(O)O)N1CCN=C1Nc1ccc2nccnc2c1Br. The Hall–Kier alpha value is -2.58. The summed E-state index contributed by atoms with van der Waals surface area (Å²) in [6, 6.07) is 3.71. The molecule has 3 rings (SSSR count). The van der Waals surface area contributed by atoms with Crippen molar-refractivity contribution in [3.8, 4) is 0 Å². The molecule has 1 unspecified atom stereocenters. The summed E-state index contributed by atoms with van der Waals surface area (Å²) in [5.41, 5.74) is 2.23. The van der Waals surface area contributed by atoms with Crippen molar-refractivity contribution in [2.75, 3.05) is 31.6 Å². The minimum Gasteiger partial charge on any atom is -0.434 e. The van der Waals surface area contributed by atoms with Crippen LogP contribution in [-0.4, -0.2) is 75.3 Å². The number of carbonyl (C=O) groups is 1. The minimum atomic E-state index is -0.847. The first kappa shape index (κ1) is 22.1. The Morgan fingerprint density at radius 3 is 2.93 bits per heavy atom. The Kier molecular flexibility index (Phi) is 7.70. The summed E-state index contributed by atoms with van der Waals surface area (Å²) in [5.74, 6) is 0.554. The molecule has 0 saturated heterocycles. The van der Waals surface area contributed by atoms with Crippen LogP contribution in [0.15, 0.2) is 34.0 Å². The van der Waals surface area contributed by atoms with E-state index in [1.165, 1.54) is 0 Å². The predicted molar refractivity (Wildman–Crippen MR) is 108 cm³/mol. The maximum atomic E-state index is 11.9. The first-order valence-electron chi connectivity index (χ1n) is 9.07. The van der Waals surface area contributed by atoms with Gasteiger partial charge in [-0.05, 0) is 35.0 Å². The van der Waals surface area contributed by atoms with Gasteiger partial charge in [0.2, 0.25) is 5.96 Å². The van der Waals surface area contributed by atoms with Gasteiger partial charge in [-0.15, -0.1) is 0 Å². The topological polar surface area (TPSA) is 142 Å². The van der Waals surface area contributed by atoms with Crippen molar-refractivity contribution in [2.24, 2.45) is 4.99 Å². The van der Waals surface area contributed by atoms with Crippen LogP contribution in [-0.2, 0) is 14.3 Å². The Morgan fingerprint density at radius 2 is 2.13 bits per heavy atom. The largest absolute Gasteiger partial charge is 0.510 e. The molecular weight excluding hydrogens is 464 g/mol. The fraction of sp³-hybridized carbons (Fsp3) is 0.412. The molecule has 13 heteroatoms. The quantitative estimate of drug-likeness (QED) is 0.288. The van der Waals surface area contributed by atoms with Crippen LogP contribution in [0, 0.1) is 0 Å². The molecule has 30 heavy (non-hydrogen) atoms. The second kappa shape index (κ2) is 10.4. The summed E-state index contributed by atoms with van der Waals surface area (Å²) >= 11 is 3.55. The molecule has 0 fully saturated rings. The zero-order valence-corrected chi connectivity index (χ0v) is 17.6. The van der Waals surface area contributed by atoms with Gasteiger partial charge in [0, 0.05) is 25.4 Å². The van der Waals surface area contributed by atoms with Gasteiger partial charge in [0.25, 0.3) is 0 Å². The fourth-order valence-corrected chi connectivity index (χ4v) is 3.28. The minimum absolute atomic E-state index is 0.00363. The molecule has 0 amide bonds. The van der Waals surface area contributed by atoms with E-state index in [9.17, 15) is 4.79 Å². The molecule has 0 aliphatic carbocycles. The second-order valence-corrected chi connectivity index (χ2v) is 6.92. The van der Waals surface area contributed by atoms with Crippen molar-refractivity contribution in [3.05, 3.63) is 29.0 Å². The van der Waals surface area contributed by atoms with Crippen molar-refractivity contribution in [3.63, 3.8) is 0 Å². The summed E-state index contributed by atoms with van der Waals surface area (Å²) in [5, 5.41) is 19.6.